The van der Waals surface area contributed by atoms with E-state index in [0.717, 1.165) is 28.4 Å². The Morgan fingerprint density at radius 2 is 2.35 bits per heavy atom. The fourth-order valence-electron chi connectivity index (χ4n) is 1.83. The Balaban J connectivity index is 2.52. The van der Waals surface area contributed by atoms with Crippen molar-refractivity contribution >= 4 is 28.8 Å². The zero-order valence-corrected chi connectivity index (χ0v) is 11.8. The summed E-state index contributed by atoms with van der Waals surface area (Å²) in [6.45, 7) is 6.32. The van der Waals surface area contributed by atoms with Crippen LogP contribution in [0.2, 0.25) is 0 Å². The van der Waals surface area contributed by atoms with Crippen LogP contribution in [0.25, 0.3) is 11.0 Å². The average molecular weight is 287 g/mol. The SMILES string of the molecule is C=C(C)Cn1c(SCC(=O)O)nc2ccc(C#N)cc21. The molecule has 0 aliphatic rings. The van der Waals surface area contributed by atoms with Crippen LogP contribution in [-0.4, -0.2) is 26.4 Å². The lowest BCUT2D eigenvalue weighted by Gasteiger charge is -2.07. The molecule has 2 rings (SSSR count). The van der Waals surface area contributed by atoms with Crippen LogP contribution in [0, 0.1) is 11.3 Å². The van der Waals surface area contributed by atoms with Gasteiger partial charge in [-0.1, -0.05) is 23.9 Å². The molecular formula is C14H13N3O2S. The van der Waals surface area contributed by atoms with E-state index in [-0.39, 0.29) is 5.75 Å². The van der Waals surface area contributed by atoms with Crippen molar-refractivity contribution in [3.63, 3.8) is 0 Å². The molecule has 0 saturated heterocycles. The van der Waals surface area contributed by atoms with E-state index in [1.807, 2.05) is 11.5 Å². The summed E-state index contributed by atoms with van der Waals surface area (Å²) in [6, 6.07) is 7.33. The Labute approximate surface area is 120 Å². The molecule has 1 aromatic heterocycles. The highest BCUT2D eigenvalue weighted by Gasteiger charge is 2.13. The van der Waals surface area contributed by atoms with E-state index in [1.54, 1.807) is 18.2 Å². The quantitative estimate of drug-likeness (QED) is 0.675. The second kappa shape index (κ2) is 5.80. The molecule has 0 unspecified atom stereocenters. The number of allylic oxidation sites excluding steroid dienone is 1. The zero-order valence-electron chi connectivity index (χ0n) is 11.0. The predicted octanol–water partition coefficient (Wildman–Crippen LogP) is 2.66. The number of hydrogen-bond acceptors (Lipinski definition) is 4. The van der Waals surface area contributed by atoms with Gasteiger partial charge in [-0.05, 0) is 25.1 Å². The lowest BCUT2D eigenvalue weighted by atomic mass is 10.2. The maximum absolute atomic E-state index is 10.7. The molecule has 102 valence electrons. The Morgan fingerprint density at radius 1 is 1.60 bits per heavy atom. The normalized spacial score (nSPS) is 10.4. The van der Waals surface area contributed by atoms with Crippen molar-refractivity contribution in [3.8, 4) is 6.07 Å². The monoisotopic (exact) mass is 287 g/mol. The van der Waals surface area contributed by atoms with Crippen LogP contribution in [0.15, 0.2) is 35.5 Å². The van der Waals surface area contributed by atoms with E-state index in [2.05, 4.69) is 17.6 Å². The molecule has 0 saturated carbocycles. The highest BCUT2D eigenvalue weighted by Crippen LogP contribution is 2.25. The first kappa shape index (κ1) is 14.2. The van der Waals surface area contributed by atoms with Crippen molar-refractivity contribution < 1.29 is 9.90 Å². The van der Waals surface area contributed by atoms with E-state index in [4.69, 9.17) is 10.4 Å². The van der Waals surface area contributed by atoms with Crippen molar-refractivity contribution in [3.05, 3.63) is 35.9 Å². The van der Waals surface area contributed by atoms with Crippen molar-refractivity contribution in [2.45, 2.75) is 18.6 Å². The topological polar surface area (TPSA) is 78.9 Å². The summed E-state index contributed by atoms with van der Waals surface area (Å²) in [6.07, 6.45) is 0. The molecule has 0 atom stereocenters. The Bertz CT molecular complexity index is 728. The number of hydrogen-bond donors (Lipinski definition) is 1. The first-order valence-electron chi connectivity index (χ1n) is 5.90. The maximum atomic E-state index is 10.7. The number of carbonyl (C=O) groups is 1. The Kier molecular flexibility index (Phi) is 4.11. The van der Waals surface area contributed by atoms with Gasteiger partial charge in [0.05, 0.1) is 28.4 Å². The van der Waals surface area contributed by atoms with Crippen LogP contribution < -0.4 is 0 Å². The van der Waals surface area contributed by atoms with Gasteiger partial charge in [0.2, 0.25) is 0 Å². The maximum Gasteiger partial charge on any atom is 0.313 e. The molecule has 0 aliphatic heterocycles. The minimum atomic E-state index is -0.887. The molecule has 0 spiro atoms. The van der Waals surface area contributed by atoms with Gasteiger partial charge < -0.3 is 9.67 Å². The number of benzene rings is 1. The number of nitriles is 1. The Hall–Kier alpha value is -2.26. The predicted molar refractivity (Wildman–Crippen MR) is 77.6 cm³/mol. The number of fused-ring (bicyclic) bond motifs is 1. The molecular weight excluding hydrogens is 274 g/mol. The van der Waals surface area contributed by atoms with Gasteiger partial charge in [-0.3, -0.25) is 4.79 Å². The van der Waals surface area contributed by atoms with E-state index in [0.29, 0.717) is 17.3 Å². The van der Waals surface area contributed by atoms with Crippen molar-refractivity contribution in [1.82, 2.24) is 9.55 Å². The van der Waals surface area contributed by atoms with Crippen LogP contribution in [0.5, 0.6) is 0 Å². The molecule has 0 amide bonds. The third-order valence-corrected chi connectivity index (χ3v) is 3.56. The minimum Gasteiger partial charge on any atom is -0.481 e. The molecule has 1 aromatic carbocycles. The van der Waals surface area contributed by atoms with Gasteiger partial charge in [0.15, 0.2) is 5.16 Å². The molecule has 1 N–H and O–H groups in total. The third kappa shape index (κ3) is 3.00. The number of nitrogens with zero attached hydrogens (tertiary/aromatic N) is 3. The zero-order chi connectivity index (χ0) is 14.7. The Morgan fingerprint density at radius 3 is 2.95 bits per heavy atom. The molecule has 20 heavy (non-hydrogen) atoms. The van der Waals surface area contributed by atoms with Crippen LogP contribution in [0.3, 0.4) is 0 Å². The summed E-state index contributed by atoms with van der Waals surface area (Å²) >= 11 is 1.16. The van der Waals surface area contributed by atoms with Gasteiger partial charge in [0.25, 0.3) is 0 Å². The fourth-order valence-corrected chi connectivity index (χ4v) is 2.56. The molecule has 1 heterocycles. The average Bonchev–Trinajstić information content (AvgIpc) is 2.73. The molecule has 2 aromatic rings. The van der Waals surface area contributed by atoms with E-state index in [9.17, 15) is 4.79 Å². The largest absolute Gasteiger partial charge is 0.481 e. The van der Waals surface area contributed by atoms with Gasteiger partial charge >= 0.3 is 5.97 Å². The van der Waals surface area contributed by atoms with Crippen LogP contribution >= 0.6 is 11.8 Å². The van der Waals surface area contributed by atoms with E-state index in [1.165, 1.54) is 0 Å². The molecule has 0 aliphatic carbocycles. The van der Waals surface area contributed by atoms with Crippen molar-refractivity contribution in [2.24, 2.45) is 0 Å². The summed E-state index contributed by atoms with van der Waals surface area (Å²) in [5, 5.41) is 18.4. The van der Waals surface area contributed by atoms with Gasteiger partial charge in [-0.2, -0.15) is 5.26 Å². The standard InChI is InChI=1S/C14H13N3O2S/c1-9(2)7-17-12-5-10(6-15)3-4-11(12)16-14(17)20-8-13(18)19/h3-5H,1,7-8H2,2H3,(H,18,19). The van der Waals surface area contributed by atoms with Gasteiger partial charge in [0, 0.05) is 6.54 Å². The van der Waals surface area contributed by atoms with Crippen LogP contribution in [-0.2, 0) is 11.3 Å². The summed E-state index contributed by atoms with van der Waals surface area (Å²) < 4.78 is 1.89. The van der Waals surface area contributed by atoms with Gasteiger partial charge in [-0.15, -0.1) is 0 Å². The molecule has 0 fully saturated rings. The van der Waals surface area contributed by atoms with Crippen molar-refractivity contribution in [1.29, 1.82) is 5.26 Å². The smallest absolute Gasteiger partial charge is 0.313 e. The summed E-state index contributed by atoms with van der Waals surface area (Å²) in [5.74, 6) is -0.938. The highest BCUT2D eigenvalue weighted by atomic mass is 32.2. The summed E-state index contributed by atoms with van der Waals surface area (Å²) in [5.41, 5.74) is 3.05. The van der Waals surface area contributed by atoms with Crippen molar-refractivity contribution in [2.75, 3.05) is 5.75 Å². The number of thioether (sulfide) groups is 1. The van der Waals surface area contributed by atoms with Crippen LogP contribution in [0.1, 0.15) is 12.5 Å². The first-order valence-corrected chi connectivity index (χ1v) is 6.89. The summed E-state index contributed by atoms with van der Waals surface area (Å²) in [4.78, 5) is 15.1. The highest BCUT2D eigenvalue weighted by molar-refractivity contribution is 7.99. The van der Waals surface area contributed by atoms with Crippen LogP contribution in [0.4, 0.5) is 0 Å². The molecule has 0 radical (unpaired) electrons. The van der Waals surface area contributed by atoms with E-state index >= 15 is 0 Å². The van der Waals surface area contributed by atoms with Gasteiger partial charge in [0.1, 0.15) is 0 Å². The molecule has 6 heteroatoms. The summed E-state index contributed by atoms with van der Waals surface area (Å²) in [7, 11) is 0. The molecule has 0 bridgehead atoms. The first-order chi connectivity index (χ1) is 9.51. The fraction of sp³-hybridized carbons (Fsp3) is 0.214. The lowest BCUT2D eigenvalue weighted by Crippen LogP contribution is -2.04. The molecule has 5 nitrogen and oxygen atoms in total. The third-order valence-electron chi connectivity index (χ3n) is 2.60. The second-order valence-corrected chi connectivity index (χ2v) is 5.38. The van der Waals surface area contributed by atoms with E-state index < -0.39 is 5.97 Å². The number of aliphatic carboxylic acids is 1. The number of aromatic nitrogens is 2. The number of carboxylic acid groups (broad SMARTS) is 1. The minimum absolute atomic E-state index is 0.0510. The van der Waals surface area contributed by atoms with Gasteiger partial charge in [-0.25, -0.2) is 4.98 Å². The number of carboxylic acids is 1. The number of imidazole rings is 1. The second-order valence-electron chi connectivity index (χ2n) is 4.44. The lowest BCUT2D eigenvalue weighted by molar-refractivity contribution is -0.133. The number of rotatable bonds is 5.